The molecule has 7 nitrogen and oxygen atoms in total. The van der Waals surface area contributed by atoms with Crippen molar-refractivity contribution in [2.45, 2.75) is 66.0 Å². The highest BCUT2D eigenvalue weighted by atomic mass is 16.5. The van der Waals surface area contributed by atoms with Crippen LogP contribution < -0.4 is 14.8 Å². The minimum atomic E-state index is -1.03. The molecule has 182 valence electrons. The van der Waals surface area contributed by atoms with Gasteiger partial charge in [-0.05, 0) is 74.8 Å². The van der Waals surface area contributed by atoms with Crippen LogP contribution in [-0.4, -0.2) is 33.8 Å². The Bertz CT molecular complexity index is 1180. The first-order valence-electron chi connectivity index (χ1n) is 11.9. The number of nitrogens with zero attached hydrogens (tertiary/aromatic N) is 2. The number of aromatic carboxylic acids is 1. The van der Waals surface area contributed by atoms with Crippen molar-refractivity contribution < 1.29 is 19.4 Å². The third-order valence-electron chi connectivity index (χ3n) is 6.45. The smallest absolute Gasteiger partial charge is 0.339 e. The molecule has 2 atom stereocenters. The molecule has 7 heteroatoms. The quantitative estimate of drug-likeness (QED) is 0.406. The van der Waals surface area contributed by atoms with E-state index < -0.39 is 5.97 Å². The summed E-state index contributed by atoms with van der Waals surface area (Å²) in [6.45, 7) is 10.9. The van der Waals surface area contributed by atoms with E-state index in [9.17, 15) is 9.90 Å². The maximum atomic E-state index is 11.8. The molecule has 2 aromatic carbocycles. The van der Waals surface area contributed by atoms with Crippen LogP contribution in [0.5, 0.6) is 11.5 Å². The number of carbonyl (C=O) groups is 1. The number of imidazole rings is 1. The molecule has 4 rings (SSSR count). The van der Waals surface area contributed by atoms with Gasteiger partial charge in [0.1, 0.15) is 17.1 Å². The SMILES string of the molecule is COc1cc2c(cc1C(=O)O)nc(Nc1ccc(OC(C)C)cc1)n2C1C[C@H](C)CC(C)(C)C1. The summed E-state index contributed by atoms with van der Waals surface area (Å²) in [5, 5.41) is 13.1. The number of aromatic nitrogens is 2. The van der Waals surface area contributed by atoms with Crippen molar-refractivity contribution in [2.75, 3.05) is 12.4 Å². The average molecular weight is 466 g/mol. The molecule has 0 saturated heterocycles. The minimum absolute atomic E-state index is 0.109. The maximum Gasteiger partial charge on any atom is 0.339 e. The summed E-state index contributed by atoms with van der Waals surface area (Å²) in [7, 11) is 1.50. The Labute approximate surface area is 201 Å². The minimum Gasteiger partial charge on any atom is -0.496 e. The van der Waals surface area contributed by atoms with E-state index in [1.165, 1.54) is 13.5 Å². The second-order valence-corrected chi connectivity index (χ2v) is 10.5. The summed E-state index contributed by atoms with van der Waals surface area (Å²) < 4.78 is 13.4. The predicted molar refractivity (Wildman–Crippen MR) is 135 cm³/mol. The molecule has 3 aromatic rings. The summed E-state index contributed by atoms with van der Waals surface area (Å²) in [5.74, 6) is 1.40. The van der Waals surface area contributed by atoms with Gasteiger partial charge in [0, 0.05) is 17.8 Å². The Kier molecular flexibility index (Phi) is 6.47. The van der Waals surface area contributed by atoms with Crippen LogP contribution in [0.15, 0.2) is 36.4 Å². The number of rotatable bonds is 7. The Morgan fingerprint density at radius 2 is 1.91 bits per heavy atom. The van der Waals surface area contributed by atoms with Gasteiger partial charge in [-0.3, -0.25) is 0 Å². The molecule has 2 N–H and O–H groups in total. The molecule has 0 aliphatic heterocycles. The fraction of sp³-hybridized carbons (Fsp3) is 0.481. The van der Waals surface area contributed by atoms with E-state index in [1.54, 1.807) is 6.07 Å². The van der Waals surface area contributed by atoms with E-state index in [4.69, 9.17) is 14.5 Å². The van der Waals surface area contributed by atoms with E-state index in [1.807, 2.05) is 44.2 Å². The van der Waals surface area contributed by atoms with Gasteiger partial charge in [-0.1, -0.05) is 20.8 Å². The molecule has 0 bridgehead atoms. The Morgan fingerprint density at radius 1 is 1.21 bits per heavy atom. The first-order valence-corrected chi connectivity index (χ1v) is 11.9. The molecule has 1 fully saturated rings. The van der Waals surface area contributed by atoms with Crippen LogP contribution in [0.1, 0.15) is 70.3 Å². The topological polar surface area (TPSA) is 85.6 Å². The van der Waals surface area contributed by atoms with Crippen molar-refractivity contribution in [3.63, 3.8) is 0 Å². The largest absolute Gasteiger partial charge is 0.496 e. The second-order valence-electron chi connectivity index (χ2n) is 10.5. The van der Waals surface area contributed by atoms with Gasteiger partial charge in [-0.25, -0.2) is 9.78 Å². The standard InChI is InChI=1S/C27H35N3O4/c1-16(2)34-20-9-7-18(8-10-20)28-26-29-22-12-21(25(31)32)24(33-6)13-23(22)30(26)19-11-17(3)14-27(4,5)15-19/h7-10,12-13,16-17,19H,11,14-15H2,1-6H3,(H,28,29)(H,31,32)/t17-,19?/m0/s1. The van der Waals surface area contributed by atoms with Crippen LogP contribution in [0.3, 0.4) is 0 Å². The number of carboxylic acids is 1. The van der Waals surface area contributed by atoms with Crippen LogP contribution in [0.2, 0.25) is 0 Å². The fourth-order valence-corrected chi connectivity index (χ4v) is 5.43. The molecule has 1 aliphatic rings. The number of anilines is 2. The lowest BCUT2D eigenvalue weighted by molar-refractivity contribution is 0.0693. The van der Waals surface area contributed by atoms with Crippen LogP contribution in [0.25, 0.3) is 11.0 Å². The van der Waals surface area contributed by atoms with Gasteiger partial charge in [0.15, 0.2) is 0 Å². The highest BCUT2D eigenvalue weighted by Gasteiger charge is 2.35. The van der Waals surface area contributed by atoms with Crippen molar-refractivity contribution >= 4 is 28.6 Å². The third-order valence-corrected chi connectivity index (χ3v) is 6.45. The van der Waals surface area contributed by atoms with E-state index >= 15 is 0 Å². The Hall–Kier alpha value is -3.22. The normalized spacial score (nSPS) is 19.9. The van der Waals surface area contributed by atoms with Crippen LogP contribution >= 0.6 is 0 Å². The van der Waals surface area contributed by atoms with Crippen molar-refractivity contribution in [1.82, 2.24) is 9.55 Å². The highest BCUT2D eigenvalue weighted by molar-refractivity contribution is 5.96. The Morgan fingerprint density at radius 3 is 2.50 bits per heavy atom. The molecular formula is C27H35N3O4. The third kappa shape index (κ3) is 4.98. The van der Waals surface area contributed by atoms with Crippen LogP contribution in [0, 0.1) is 11.3 Å². The Balaban J connectivity index is 1.81. The lowest BCUT2D eigenvalue weighted by Crippen LogP contribution is -2.29. The van der Waals surface area contributed by atoms with E-state index in [0.29, 0.717) is 23.1 Å². The summed E-state index contributed by atoms with van der Waals surface area (Å²) in [6, 6.07) is 11.5. The fourth-order valence-electron chi connectivity index (χ4n) is 5.43. The van der Waals surface area contributed by atoms with Crippen LogP contribution in [0.4, 0.5) is 11.6 Å². The monoisotopic (exact) mass is 465 g/mol. The van der Waals surface area contributed by atoms with Crippen molar-refractivity contribution in [2.24, 2.45) is 11.3 Å². The summed E-state index contributed by atoms with van der Waals surface area (Å²) in [6.07, 6.45) is 3.34. The molecular weight excluding hydrogens is 430 g/mol. The van der Waals surface area contributed by atoms with Crippen molar-refractivity contribution in [1.29, 1.82) is 0 Å². The van der Waals surface area contributed by atoms with Gasteiger partial charge in [-0.15, -0.1) is 0 Å². The predicted octanol–water partition coefficient (Wildman–Crippen LogP) is 6.66. The number of hydrogen-bond acceptors (Lipinski definition) is 5. The first kappa shape index (κ1) is 23.9. The zero-order valence-electron chi connectivity index (χ0n) is 20.9. The summed E-state index contributed by atoms with van der Waals surface area (Å²) in [4.78, 5) is 16.7. The summed E-state index contributed by atoms with van der Waals surface area (Å²) >= 11 is 0. The average Bonchev–Trinajstić information content (AvgIpc) is 3.09. The number of nitrogens with one attached hydrogen (secondary N) is 1. The van der Waals surface area contributed by atoms with E-state index in [2.05, 4.69) is 30.7 Å². The second kappa shape index (κ2) is 9.20. The van der Waals surface area contributed by atoms with Crippen LogP contribution in [-0.2, 0) is 0 Å². The lowest BCUT2D eigenvalue weighted by atomic mass is 9.70. The molecule has 0 radical (unpaired) electrons. The maximum absolute atomic E-state index is 11.8. The molecule has 1 unspecified atom stereocenters. The molecule has 0 amide bonds. The van der Waals surface area contributed by atoms with Gasteiger partial charge in [0.2, 0.25) is 5.95 Å². The molecule has 0 spiro atoms. The number of ether oxygens (including phenoxy) is 2. The lowest BCUT2D eigenvalue weighted by Gasteiger charge is -2.40. The number of carboxylic acid groups (broad SMARTS) is 1. The zero-order chi connectivity index (χ0) is 24.6. The van der Waals surface area contributed by atoms with Crippen molar-refractivity contribution in [3.8, 4) is 11.5 Å². The van der Waals surface area contributed by atoms with Gasteiger partial charge in [0.05, 0.1) is 24.2 Å². The van der Waals surface area contributed by atoms with Gasteiger partial charge in [0.25, 0.3) is 0 Å². The first-order chi connectivity index (χ1) is 16.1. The summed E-state index contributed by atoms with van der Waals surface area (Å²) in [5.41, 5.74) is 2.72. The number of benzene rings is 2. The molecule has 34 heavy (non-hydrogen) atoms. The van der Waals surface area contributed by atoms with Gasteiger partial charge < -0.3 is 24.5 Å². The number of methoxy groups -OCH3 is 1. The molecule has 1 heterocycles. The highest BCUT2D eigenvalue weighted by Crippen LogP contribution is 2.46. The van der Waals surface area contributed by atoms with Crippen molar-refractivity contribution in [3.05, 3.63) is 42.0 Å². The molecule has 1 saturated carbocycles. The zero-order valence-corrected chi connectivity index (χ0v) is 20.9. The van der Waals surface area contributed by atoms with Gasteiger partial charge in [-0.2, -0.15) is 0 Å². The number of fused-ring (bicyclic) bond motifs is 1. The molecule has 1 aromatic heterocycles. The number of hydrogen-bond donors (Lipinski definition) is 2. The van der Waals surface area contributed by atoms with E-state index in [0.717, 1.165) is 29.8 Å². The van der Waals surface area contributed by atoms with Gasteiger partial charge >= 0.3 is 5.97 Å². The van der Waals surface area contributed by atoms with E-state index in [-0.39, 0.29) is 23.1 Å². The molecule has 1 aliphatic carbocycles.